The third-order valence-electron chi connectivity index (χ3n) is 3.88. The highest BCUT2D eigenvalue weighted by molar-refractivity contribution is 7.92. The molecular formula is C17H17N5O3S. The van der Waals surface area contributed by atoms with Crippen LogP contribution < -0.4 is 10.3 Å². The van der Waals surface area contributed by atoms with Crippen LogP contribution in [0, 0.1) is 11.3 Å². The Labute approximate surface area is 150 Å². The van der Waals surface area contributed by atoms with Crippen molar-refractivity contribution >= 4 is 21.4 Å². The molecule has 0 aliphatic heterocycles. The minimum absolute atomic E-state index is 0.0818. The smallest absolute Gasteiger partial charge is 0.278 e. The molecule has 0 atom stereocenters. The van der Waals surface area contributed by atoms with E-state index in [-0.39, 0.29) is 17.0 Å². The van der Waals surface area contributed by atoms with E-state index in [2.05, 4.69) is 14.8 Å². The minimum Gasteiger partial charge on any atom is -0.338 e. The lowest BCUT2D eigenvalue weighted by Crippen LogP contribution is -2.22. The van der Waals surface area contributed by atoms with Gasteiger partial charge in [-0.3, -0.25) is 9.52 Å². The molecule has 3 aromatic rings. The van der Waals surface area contributed by atoms with Gasteiger partial charge in [-0.25, -0.2) is 8.42 Å². The summed E-state index contributed by atoms with van der Waals surface area (Å²) in [4.78, 5) is 16.0. The molecule has 3 rings (SSSR count). The van der Waals surface area contributed by atoms with Crippen LogP contribution in [0.5, 0.6) is 0 Å². The fraction of sp³-hybridized carbons (Fsp3) is 0.235. The molecule has 1 aromatic carbocycles. The van der Waals surface area contributed by atoms with Gasteiger partial charge in [0.25, 0.3) is 5.56 Å². The number of nitrogens with zero attached hydrogens (tertiary/aromatic N) is 3. The Morgan fingerprint density at radius 3 is 2.46 bits per heavy atom. The molecule has 2 heterocycles. The molecule has 0 amide bonds. The number of benzene rings is 1. The fourth-order valence-electron chi connectivity index (χ4n) is 2.79. The predicted octanol–water partition coefficient (Wildman–Crippen LogP) is 2.06. The summed E-state index contributed by atoms with van der Waals surface area (Å²) < 4.78 is 26.3. The Morgan fingerprint density at radius 2 is 1.92 bits per heavy atom. The van der Waals surface area contributed by atoms with Crippen molar-refractivity contribution in [2.45, 2.75) is 19.8 Å². The molecule has 134 valence electrons. The lowest BCUT2D eigenvalue weighted by molar-refractivity contribution is 0.607. The summed E-state index contributed by atoms with van der Waals surface area (Å²) in [6.07, 6.45) is 2.42. The first-order chi connectivity index (χ1) is 12.2. The van der Waals surface area contributed by atoms with Crippen molar-refractivity contribution in [1.82, 2.24) is 14.6 Å². The number of anilines is 1. The monoisotopic (exact) mass is 371 g/mol. The third kappa shape index (κ3) is 3.19. The standard InChI is InChI=1S/C17H17N5O3S/c1-10(2)14-15(11-4-6-13(7-5-11)21-26(3,24)25)20-16-12(8-18)9-19-22(16)17(14)23/h4-7,9-10,20-21H,1-3H3. The van der Waals surface area contributed by atoms with Crippen LogP contribution in [0.25, 0.3) is 16.9 Å². The molecule has 0 fully saturated rings. The second-order valence-corrected chi connectivity index (χ2v) is 8.00. The van der Waals surface area contributed by atoms with Gasteiger partial charge in [0.05, 0.1) is 18.1 Å². The van der Waals surface area contributed by atoms with Crippen LogP contribution in [-0.2, 0) is 10.0 Å². The molecule has 2 aromatic heterocycles. The van der Waals surface area contributed by atoms with Gasteiger partial charge in [0.1, 0.15) is 11.6 Å². The van der Waals surface area contributed by atoms with Crippen molar-refractivity contribution in [3.63, 3.8) is 0 Å². The molecule has 2 N–H and O–H groups in total. The van der Waals surface area contributed by atoms with E-state index in [1.165, 1.54) is 10.7 Å². The third-order valence-corrected chi connectivity index (χ3v) is 4.49. The number of nitriles is 1. The molecule has 0 spiro atoms. The molecule has 9 heteroatoms. The number of hydrogen-bond acceptors (Lipinski definition) is 5. The highest BCUT2D eigenvalue weighted by Gasteiger charge is 2.19. The maximum atomic E-state index is 12.8. The number of H-pyrrole nitrogens is 1. The lowest BCUT2D eigenvalue weighted by atomic mass is 9.98. The Balaban J connectivity index is 2.22. The van der Waals surface area contributed by atoms with Gasteiger partial charge in [-0.05, 0) is 23.6 Å². The summed E-state index contributed by atoms with van der Waals surface area (Å²) in [6.45, 7) is 3.79. The van der Waals surface area contributed by atoms with Crippen molar-refractivity contribution in [2.24, 2.45) is 0 Å². The number of aromatic amines is 1. The molecule has 0 saturated carbocycles. The van der Waals surface area contributed by atoms with E-state index in [4.69, 9.17) is 0 Å². The molecule has 0 aliphatic rings. The van der Waals surface area contributed by atoms with Crippen LogP contribution in [0.1, 0.15) is 30.9 Å². The molecule has 26 heavy (non-hydrogen) atoms. The van der Waals surface area contributed by atoms with Gasteiger partial charge >= 0.3 is 0 Å². The molecule has 0 bridgehead atoms. The van der Waals surface area contributed by atoms with Crippen LogP contribution in [0.3, 0.4) is 0 Å². The molecule has 0 saturated heterocycles. The van der Waals surface area contributed by atoms with Crippen molar-refractivity contribution in [1.29, 1.82) is 5.26 Å². The van der Waals surface area contributed by atoms with Crippen molar-refractivity contribution < 1.29 is 8.42 Å². The molecule has 0 unspecified atom stereocenters. The van der Waals surface area contributed by atoms with Crippen LogP contribution >= 0.6 is 0 Å². The Bertz CT molecular complexity index is 1180. The van der Waals surface area contributed by atoms with Crippen molar-refractivity contribution in [3.05, 3.63) is 51.9 Å². The summed E-state index contributed by atoms with van der Waals surface area (Å²) in [5.74, 6) is -0.0818. The predicted molar refractivity (Wildman–Crippen MR) is 98.5 cm³/mol. The van der Waals surface area contributed by atoms with E-state index in [1.54, 1.807) is 24.3 Å². The minimum atomic E-state index is -3.37. The molecular weight excluding hydrogens is 354 g/mol. The Kier molecular flexibility index (Phi) is 4.29. The normalized spacial score (nSPS) is 11.7. The zero-order valence-corrected chi connectivity index (χ0v) is 15.3. The number of sulfonamides is 1. The first-order valence-electron chi connectivity index (χ1n) is 7.83. The van der Waals surface area contributed by atoms with E-state index < -0.39 is 10.0 Å². The average Bonchev–Trinajstić information content (AvgIpc) is 2.97. The van der Waals surface area contributed by atoms with E-state index in [0.717, 1.165) is 6.26 Å². The summed E-state index contributed by atoms with van der Waals surface area (Å²) in [5, 5.41) is 13.2. The summed E-state index contributed by atoms with van der Waals surface area (Å²) >= 11 is 0. The maximum absolute atomic E-state index is 12.8. The maximum Gasteiger partial charge on any atom is 0.278 e. The van der Waals surface area contributed by atoms with Gasteiger partial charge in [0.15, 0.2) is 5.65 Å². The highest BCUT2D eigenvalue weighted by atomic mass is 32.2. The largest absolute Gasteiger partial charge is 0.338 e. The van der Waals surface area contributed by atoms with Gasteiger partial charge in [0, 0.05) is 11.3 Å². The van der Waals surface area contributed by atoms with Crippen LogP contribution in [0.15, 0.2) is 35.3 Å². The van der Waals surface area contributed by atoms with Gasteiger partial charge in [-0.2, -0.15) is 14.9 Å². The van der Waals surface area contributed by atoms with Crippen LogP contribution in [0.4, 0.5) is 5.69 Å². The van der Waals surface area contributed by atoms with Crippen molar-refractivity contribution in [2.75, 3.05) is 11.0 Å². The molecule has 0 radical (unpaired) electrons. The van der Waals surface area contributed by atoms with E-state index in [1.807, 2.05) is 19.9 Å². The van der Waals surface area contributed by atoms with E-state index in [0.29, 0.717) is 28.2 Å². The first-order valence-corrected chi connectivity index (χ1v) is 9.72. The van der Waals surface area contributed by atoms with Gasteiger partial charge in [-0.15, -0.1) is 0 Å². The number of fused-ring (bicyclic) bond motifs is 1. The number of aromatic nitrogens is 3. The molecule has 8 nitrogen and oxygen atoms in total. The number of rotatable bonds is 4. The quantitative estimate of drug-likeness (QED) is 0.727. The fourth-order valence-corrected chi connectivity index (χ4v) is 3.36. The number of nitrogens with one attached hydrogen (secondary N) is 2. The summed E-state index contributed by atoms with van der Waals surface area (Å²) in [6, 6.07) is 8.66. The lowest BCUT2D eigenvalue weighted by Gasteiger charge is -2.13. The zero-order valence-electron chi connectivity index (χ0n) is 14.4. The highest BCUT2D eigenvalue weighted by Crippen LogP contribution is 2.27. The Morgan fingerprint density at radius 1 is 1.27 bits per heavy atom. The van der Waals surface area contributed by atoms with Crippen molar-refractivity contribution in [3.8, 4) is 17.3 Å². The Hall–Kier alpha value is -3.12. The van der Waals surface area contributed by atoms with Crippen LogP contribution in [0.2, 0.25) is 0 Å². The van der Waals surface area contributed by atoms with Gasteiger partial charge in [-0.1, -0.05) is 26.0 Å². The zero-order chi connectivity index (χ0) is 19.1. The van der Waals surface area contributed by atoms with E-state index in [9.17, 15) is 18.5 Å². The topological polar surface area (TPSA) is 120 Å². The summed E-state index contributed by atoms with van der Waals surface area (Å²) in [5.41, 5.74) is 2.56. The second kappa shape index (κ2) is 6.31. The summed E-state index contributed by atoms with van der Waals surface area (Å²) in [7, 11) is -3.37. The van der Waals surface area contributed by atoms with Gasteiger partial charge < -0.3 is 4.98 Å². The van der Waals surface area contributed by atoms with Gasteiger partial charge in [0.2, 0.25) is 10.0 Å². The average molecular weight is 371 g/mol. The second-order valence-electron chi connectivity index (χ2n) is 6.26. The molecule has 0 aliphatic carbocycles. The number of hydrogen-bond donors (Lipinski definition) is 2. The van der Waals surface area contributed by atoms with Crippen LogP contribution in [-0.4, -0.2) is 29.3 Å². The van der Waals surface area contributed by atoms with E-state index >= 15 is 0 Å². The SMILES string of the molecule is CC(C)c1c(-c2ccc(NS(C)(=O)=O)cc2)[nH]c2c(C#N)cnn2c1=O. The first kappa shape index (κ1) is 17.7.